The Balaban J connectivity index is 1.31. The number of thioether (sulfide) groups is 1. The summed E-state index contributed by atoms with van der Waals surface area (Å²) in [7, 11) is 0. The molecule has 2 heterocycles. The molecule has 0 fully saturated rings. The van der Waals surface area contributed by atoms with E-state index in [2.05, 4.69) is 39.8 Å². The van der Waals surface area contributed by atoms with E-state index in [1.165, 1.54) is 17.3 Å². The second-order valence-corrected chi connectivity index (χ2v) is 9.07. The average Bonchev–Trinajstić information content (AvgIpc) is 3.28. The zero-order valence-electron chi connectivity index (χ0n) is 18.3. The molecule has 5 rings (SSSR count). The number of hydrogen-bond donors (Lipinski definition) is 1. The number of fused-ring (bicyclic) bond motifs is 1. The van der Waals surface area contributed by atoms with Gasteiger partial charge in [-0.25, -0.2) is 0 Å². The molecule has 0 aliphatic heterocycles. The number of hydrogen-bond acceptors (Lipinski definition) is 5. The van der Waals surface area contributed by atoms with Crippen molar-refractivity contribution < 1.29 is 4.79 Å². The number of nitrogens with one attached hydrogen (secondary N) is 1. The van der Waals surface area contributed by atoms with Crippen LogP contribution in [0.4, 0.5) is 5.69 Å². The molecule has 5 aromatic rings. The van der Waals surface area contributed by atoms with E-state index in [1.807, 2.05) is 61.5 Å². The Morgan fingerprint density at radius 3 is 2.41 bits per heavy atom. The van der Waals surface area contributed by atoms with Gasteiger partial charge in [0.1, 0.15) is 0 Å². The van der Waals surface area contributed by atoms with Crippen LogP contribution in [0.1, 0.15) is 5.56 Å². The number of carbonyl (C=O) groups excluding carboxylic acids is 1. The Kier molecular flexibility index (Phi) is 6.29. The predicted molar refractivity (Wildman–Crippen MR) is 137 cm³/mol. The number of aromatic nitrogens is 4. The van der Waals surface area contributed by atoms with Crippen LogP contribution < -0.4 is 5.32 Å². The third-order valence-corrected chi connectivity index (χ3v) is 6.64. The maximum Gasteiger partial charge on any atom is 0.234 e. The van der Waals surface area contributed by atoms with Crippen molar-refractivity contribution in [3.63, 3.8) is 0 Å². The SMILES string of the molecule is Cc1ccc(NC(=O)CSc2nnc3ccc(-c4ccc(-c5ccccc5)cc4)nn23)cc1Cl. The van der Waals surface area contributed by atoms with Gasteiger partial charge >= 0.3 is 0 Å². The highest BCUT2D eigenvalue weighted by atomic mass is 35.5. The fourth-order valence-corrected chi connectivity index (χ4v) is 4.34. The second-order valence-electron chi connectivity index (χ2n) is 7.72. The molecule has 34 heavy (non-hydrogen) atoms. The lowest BCUT2D eigenvalue weighted by molar-refractivity contribution is -0.113. The Bertz CT molecular complexity index is 1470. The summed E-state index contributed by atoms with van der Waals surface area (Å²) in [4.78, 5) is 12.4. The lowest BCUT2D eigenvalue weighted by Gasteiger charge is -2.07. The Morgan fingerprint density at radius 2 is 1.65 bits per heavy atom. The van der Waals surface area contributed by atoms with Crippen molar-refractivity contribution in [1.29, 1.82) is 0 Å². The lowest BCUT2D eigenvalue weighted by Crippen LogP contribution is -2.14. The largest absolute Gasteiger partial charge is 0.325 e. The van der Waals surface area contributed by atoms with Crippen molar-refractivity contribution in [2.75, 3.05) is 11.1 Å². The van der Waals surface area contributed by atoms with Crippen molar-refractivity contribution in [2.45, 2.75) is 12.1 Å². The van der Waals surface area contributed by atoms with Gasteiger partial charge in [-0.2, -0.15) is 9.61 Å². The molecule has 6 nitrogen and oxygen atoms in total. The first-order valence-corrected chi connectivity index (χ1v) is 12.0. The number of anilines is 1. The number of amides is 1. The summed E-state index contributed by atoms with van der Waals surface area (Å²) in [5.74, 6) is 0.0126. The van der Waals surface area contributed by atoms with Crippen LogP contribution in [0.3, 0.4) is 0 Å². The minimum absolute atomic E-state index is 0.158. The molecule has 168 valence electrons. The zero-order valence-corrected chi connectivity index (χ0v) is 19.8. The van der Waals surface area contributed by atoms with Gasteiger partial charge in [-0.05, 0) is 47.9 Å². The molecule has 0 saturated carbocycles. The number of carbonyl (C=O) groups is 1. The molecule has 1 N–H and O–H groups in total. The first-order chi connectivity index (χ1) is 16.6. The topological polar surface area (TPSA) is 72.2 Å². The summed E-state index contributed by atoms with van der Waals surface area (Å²) >= 11 is 7.42. The van der Waals surface area contributed by atoms with Crippen LogP contribution in [0.15, 0.2) is 90.1 Å². The molecule has 0 radical (unpaired) electrons. The summed E-state index contributed by atoms with van der Waals surface area (Å²) in [5, 5.41) is 17.1. The average molecular weight is 486 g/mol. The summed E-state index contributed by atoms with van der Waals surface area (Å²) < 4.78 is 1.67. The number of aryl methyl sites for hydroxylation is 1. The monoisotopic (exact) mass is 485 g/mol. The van der Waals surface area contributed by atoms with Gasteiger partial charge in [-0.15, -0.1) is 10.2 Å². The van der Waals surface area contributed by atoms with Gasteiger partial charge < -0.3 is 5.32 Å². The highest BCUT2D eigenvalue weighted by Gasteiger charge is 2.12. The van der Waals surface area contributed by atoms with Gasteiger partial charge in [-0.1, -0.05) is 84.0 Å². The molecule has 0 spiro atoms. The van der Waals surface area contributed by atoms with Gasteiger partial charge in [0.05, 0.1) is 11.4 Å². The third kappa shape index (κ3) is 4.81. The molecule has 0 aliphatic carbocycles. The summed E-state index contributed by atoms with van der Waals surface area (Å²) in [6.07, 6.45) is 0. The van der Waals surface area contributed by atoms with Crippen LogP contribution in [0.2, 0.25) is 5.02 Å². The molecule has 2 aromatic heterocycles. The zero-order chi connectivity index (χ0) is 23.5. The molecule has 3 aromatic carbocycles. The lowest BCUT2D eigenvalue weighted by atomic mass is 10.0. The Hall–Kier alpha value is -3.68. The van der Waals surface area contributed by atoms with Gasteiger partial charge in [0.25, 0.3) is 0 Å². The highest BCUT2D eigenvalue weighted by molar-refractivity contribution is 7.99. The van der Waals surface area contributed by atoms with E-state index in [9.17, 15) is 4.79 Å². The van der Waals surface area contributed by atoms with E-state index in [-0.39, 0.29) is 11.7 Å². The number of benzene rings is 3. The van der Waals surface area contributed by atoms with Crippen LogP contribution in [0.25, 0.3) is 28.0 Å². The van der Waals surface area contributed by atoms with E-state index in [4.69, 9.17) is 16.7 Å². The predicted octanol–water partition coefficient (Wildman–Crippen LogP) is 6.15. The van der Waals surface area contributed by atoms with Crippen LogP contribution in [-0.2, 0) is 4.79 Å². The van der Waals surface area contributed by atoms with Gasteiger partial charge in [0.15, 0.2) is 5.65 Å². The fourth-order valence-electron chi connectivity index (χ4n) is 3.47. The molecule has 0 atom stereocenters. The van der Waals surface area contributed by atoms with Crippen molar-refractivity contribution in [3.05, 3.63) is 95.5 Å². The number of rotatable bonds is 6. The Morgan fingerprint density at radius 1 is 0.912 bits per heavy atom. The molecule has 8 heteroatoms. The van der Waals surface area contributed by atoms with Gasteiger partial charge in [0.2, 0.25) is 11.1 Å². The van der Waals surface area contributed by atoms with Gasteiger partial charge in [0, 0.05) is 16.3 Å². The minimum Gasteiger partial charge on any atom is -0.325 e. The third-order valence-electron chi connectivity index (χ3n) is 5.31. The number of halogens is 1. The minimum atomic E-state index is -0.158. The maximum atomic E-state index is 12.4. The van der Waals surface area contributed by atoms with Crippen LogP contribution in [-0.4, -0.2) is 31.5 Å². The molecular weight excluding hydrogens is 466 g/mol. The van der Waals surface area contributed by atoms with Crippen LogP contribution in [0, 0.1) is 6.92 Å². The van der Waals surface area contributed by atoms with Crippen molar-refractivity contribution >= 4 is 40.6 Å². The maximum absolute atomic E-state index is 12.4. The van der Waals surface area contributed by atoms with Crippen molar-refractivity contribution in [2.24, 2.45) is 0 Å². The van der Waals surface area contributed by atoms with Crippen LogP contribution >= 0.6 is 23.4 Å². The quantitative estimate of drug-likeness (QED) is 0.292. The smallest absolute Gasteiger partial charge is 0.234 e. The van der Waals surface area contributed by atoms with E-state index in [1.54, 1.807) is 10.6 Å². The molecule has 0 bridgehead atoms. The molecule has 0 unspecified atom stereocenters. The summed E-state index contributed by atoms with van der Waals surface area (Å²) in [6, 6.07) is 27.7. The normalized spacial score (nSPS) is 11.0. The first-order valence-electron chi connectivity index (χ1n) is 10.6. The van der Waals surface area contributed by atoms with Gasteiger partial charge in [-0.3, -0.25) is 4.79 Å². The Labute approximate surface area is 206 Å². The first kappa shape index (κ1) is 22.1. The van der Waals surface area contributed by atoms with Crippen molar-refractivity contribution in [1.82, 2.24) is 19.8 Å². The van der Waals surface area contributed by atoms with E-state index in [0.717, 1.165) is 22.4 Å². The van der Waals surface area contributed by atoms with E-state index < -0.39 is 0 Å². The van der Waals surface area contributed by atoms with Crippen molar-refractivity contribution in [3.8, 4) is 22.4 Å². The standard InChI is InChI=1S/C26H20ClN5OS/c1-17-7-12-21(15-22(17)27)28-25(33)16-34-26-30-29-24-14-13-23(31-32(24)26)20-10-8-19(9-11-20)18-5-3-2-4-6-18/h2-15H,16H2,1H3,(H,28,33). The second kappa shape index (κ2) is 9.67. The molecule has 0 saturated heterocycles. The highest BCUT2D eigenvalue weighted by Crippen LogP contribution is 2.25. The van der Waals surface area contributed by atoms with Crippen LogP contribution in [0.5, 0.6) is 0 Å². The van der Waals surface area contributed by atoms with E-state index in [0.29, 0.717) is 21.5 Å². The van der Waals surface area contributed by atoms with E-state index >= 15 is 0 Å². The number of nitrogens with zero attached hydrogens (tertiary/aromatic N) is 4. The fraction of sp³-hybridized carbons (Fsp3) is 0.0769. The molecular formula is C26H20ClN5OS. The molecule has 0 aliphatic rings. The summed E-state index contributed by atoms with van der Waals surface area (Å²) in [5.41, 5.74) is 6.34. The summed E-state index contributed by atoms with van der Waals surface area (Å²) in [6.45, 7) is 1.92. The molecule has 1 amide bonds.